The van der Waals surface area contributed by atoms with Gasteiger partial charge in [-0.2, -0.15) is 0 Å². The highest BCUT2D eigenvalue weighted by molar-refractivity contribution is 5.79. The molecule has 0 atom stereocenters. The second-order valence-corrected chi connectivity index (χ2v) is 5.45. The van der Waals surface area contributed by atoms with Crippen LogP contribution in [0.15, 0.2) is 0 Å². The van der Waals surface area contributed by atoms with E-state index < -0.39 is 5.97 Å². The predicted octanol–water partition coefficient (Wildman–Crippen LogP) is 1.81. The lowest BCUT2D eigenvalue weighted by Crippen LogP contribution is -2.35. The summed E-state index contributed by atoms with van der Waals surface area (Å²) in [4.78, 5) is 22.7. The molecule has 1 rings (SSSR count). The summed E-state index contributed by atoms with van der Waals surface area (Å²) < 4.78 is 5.39. The average Bonchev–Trinajstić information content (AvgIpc) is 2.37. The van der Waals surface area contributed by atoms with Crippen LogP contribution in [0.1, 0.15) is 46.0 Å². The van der Waals surface area contributed by atoms with Crippen LogP contribution in [0.2, 0.25) is 0 Å². The van der Waals surface area contributed by atoms with E-state index in [1.54, 1.807) is 0 Å². The van der Waals surface area contributed by atoms with Gasteiger partial charge in [-0.15, -0.1) is 0 Å². The van der Waals surface area contributed by atoms with Crippen molar-refractivity contribution >= 4 is 11.9 Å². The van der Waals surface area contributed by atoms with E-state index in [0.717, 1.165) is 6.42 Å². The van der Waals surface area contributed by atoms with Crippen molar-refractivity contribution in [2.24, 2.45) is 11.8 Å². The average molecular weight is 271 g/mol. The first-order chi connectivity index (χ1) is 9.00. The van der Waals surface area contributed by atoms with Crippen molar-refractivity contribution in [2.45, 2.75) is 52.1 Å². The molecular formula is C14H25NO4. The maximum absolute atomic E-state index is 11.9. The molecule has 0 radical (unpaired) electrons. The van der Waals surface area contributed by atoms with Crippen molar-refractivity contribution in [2.75, 3.05) is 13.2 Å². The molecule has 0 heterocycles. The van der Waals surface area contributed by atoms with Crippen LogP contribution in [0.3, 0.4) is 0 Å². The third-order valence-corrected chi connectivity index (χ3v) is 3.52. The Morgan fingerprint density at radius 2 is 1.79 bits per heavy atom. The fourth-order valence-electron chi connectivity index (χ4n) is 2.35. The highest BCUT2D eigenvalue weighted by atomic mass is 16.5. The van der Waals surface area contributed by atoms with Crippen molar-refractivity contribution in [3.63, 3.8) is 0 Å². The summed E-state index contributed by atoms with van der Waals surface area (Å²) in [5.41, 5.74) is 0. The zero-order chi connectivity index (χ0) is 14.3. The van der Waals surface area contributed by atoms with E-state index in [1.807, 2.05) is 13.8 Å². The van der Waals surface area contributed by atoms with Gasteiger partial charge in [0.15, 0.2) is 0 Å². The zero-order valence-electron chi connectivity index (χ0n) is 11.9. The number of amides is 1. The molecule has 1 saturated carbocycles. The molecule has 0 saturated heterocycles. The maximum Gasteiger partial charge on any atom is 0.306 e. The Balaban J connectivity index is 2.12. The SMILES string of the molecule is CC(C)OCCCNC(=O)C1CCC(C(=O)O)CC1. The summed E-state index contributed by atoms with van der Waals surface area (Å²) in [6.45, 7) is 5.26. The van der Waals surface area contributed by atoms with Gasteiger partial charge in [-0.25, -0.2) is 0 Å². The lowest BCUT2D eigenvalue weighted by molar-refractivity contribution is -0.144. The molecule has 0 unspecified atom stereocenters. The van der Waals surface area contributed by atoms with Gasteiger partial charge < -0.3 is 15.2 Å². The van der Waals surface area contributed by atoms with Gasteiger partial charge in [-0.1, -0.05) is 0 Å². The molecule has 5 heteroatoms. The smallest absolute Gasteiger partial charge is 0.306 e. The molecule has 1 aliphatic rings. The first-order valence-corrected chi connectivity index (χ1v) is 7.12. The Hall–Kier alpha value is -1.10. The highest BCUT2D eigenvalue weighted by Crippen LogP contribution is 2.28. The second-order valence-electron chi connectivity index (χ2n) is 5.45. The molecule has 0 spiro atoms. The summed E-state index contributed by atoms with van der Waals surface area (Å²) in [5, 5.41) is 11.8. The Morgan fingerprint density at radius 1 is 1.21 bits per heavy atom. The molecule has 0 aromatic rings. The van der Waals surface area contributed by atoms with Crippen LogP contribution in [0.4, 0.5) is 0 Å². The molecule has 0 aromatic carbocycles. The number of carbonyl (C=O) groups is 2. The van der Waals surface area contributed by atoms with Crippen LogP contribution >= 0.6 is 0 Å². The molecule has 2 N–H and O–H groups in total. The molecule has 0 aromatic heterocycles. The van der Waals surface area contributed by atoms with Crippen LogP contribution in [0.25, 0.3) is 0 Å². The van der Waals surface area contributed by atoms with Gasteiger partial charge in [0, 0.05) is 19.1 Å². The standard InChI is InChI=1S/C14H25NO4/c1-10(2)19-9-3-8-15-13(16)11-4-6-12(7-5-11)14(17)18/h10-12H,3-9H2,1-2H3,(H,15,16)(H,17,18). The summed E-state index contributed by atoms with van der Waals surface area (Å²) in [7, 11) is 0. The highest BCUT2D eigenvalue weighted by Gasteiger charge is 2.29. The third kappa shape index (κ3) is 6.05. The van der Waals surface area contributed by atoms with Gasteiger partial charge in [0.05, 0.1) is 12.0 Å². The van der Waals surface area contributed by atoms with Gasteiger partial charge in [-0.3, -0.25) is 9.59 Å². The number of carbonyl (C=O) groups excluding carboxylic acids is 1. The second kappa shape index (κ2) is 8.15. The molecule has 5 nitrogen and oxygen atoms in total. The number of hydrogen-bond donors (Lipinski definition) is 2. The Morgan fingerprint density at radius 3 is 2.32 bits per heavy atom. The van der Waals surface area contributed by atoms with E-state index in [-0.39, 0.29) is 23.8 Å². The first kappa shape index (κ1) is 16.0. The number of hydrogen-bond acceptors (Lipinski definition) is 3. The largest absolute Gasteiger partial charge is 0.481 e. The topological polar surface area (TPSA) is 75.6 Å². The van der Waals surface area contributed by atoms with Gasteiger partial charge in [-0.05, 0) is 46.0 Å². The van der Waals surface area contributed by atoms with E-state index in [4.69, 9.17) is 9.84 Å². The van der Waals surface area contributed by atoms with Crippen LogP contribution in [0.5, 0.6) is 0 Å². The Kier molecular flexibility index (Phi) is 6.84. The molecule has 1 fully saturated rings. The minimum atomic E-state index is -0.732. The quantitative estimate of drug-likeness (QED) is 0.692. The number of carboxylic acid groups (broad SMARTS) is 1. The molecule has 110 valence electrons. The Labute approximate surface area is 114 Å². The van der Waals surface area contributed by atoms with Gasteiger partial charge in [0.25, 0.3) is 0 Å². The van der Waals surface area contributed by atoms with Crippen molar-refractivity contribution < 1.29 is 19.4 Å². The third-order valence-electron chi connectivity index (χ3n) is 3.52. The van der Waals surface area contributed by atoms with Crippen molar-refractivity contribution in [3.05, 3.63) is 0 Å². The molecule has 0 aliphatic heterocycles. The van der Waals surface area contributed by atoms with Crippen LogP contribution in [-0.2, 0) is 14.3 Å². The van der Waals surface area contributed by atoms with Crippen LogP contribution < -0.4 is 5.32 Å². The summed E-state index contributed by atoms with van der Waals surface area (Å²) in [6, 6.07) is 0. The molecule has 0 bridgehead atoms. The van der Waals surface area contributed by atoms with Crippen molar-refractivity contribution in [1.82, 2.24) is 5.32 Å². The normalized spacial score (nSPS) is 23.3. The fraction of sp³-hybridized carbons (Fsp3) is 0.857. The van der Waals surface area contributed by atoms with Crippen molar-refractivity contribution in [3.8, 4) is 0 Å². The van der Waals surface area contributed by atoms with E-state index in [2.05, 4.69) is 5.32 Å². The number of ether oxygens (including phenoxy) is 1. The number of aliphatic carboxylic acids is 1. The van der Waals surface area contributed by atoms with E-state index in [9.17, 15) is 9.59 Å². The summed E-state index contributed by atoms with van der Waals surface area (Å²) >= 11 is 0. The summed E-state index contributed by atoms with van der Waals surface area (Å²) in [6.07, 6.45) is 3.64. The molecule has 1 amide bonds. The van der Waals surface area contributed by atoms with Gasteiger partial charge in [0.1, 0.15) is 0 Å². The number of carboxylic acids is 1. The van der Waals surface area contributed by atoms with Crippen molar-refractivity contribution in [1.29, 1.82) is 0 Å². The van der Waals surface area contributed by atoms with Crippen LogP contribution in [-0.4, -0.2) is 36.2 Å². The van der Waals surface area contributed by atoms with E-state index in [0.29, 0.717) is 38.8 Å². The number of rotatable bonds is 7. The molecule has 19 heavy (non-hydrogen) atoms. The lowest BCUT2D eigenvalue weighted by Gasteiger charge is -2.25. The minimum Gasteiger partial charge on any atom is -0.481 e. The minimum absolute atomic E-state index is 0.0124. The maximum atomic E-state index is 11.9. The van der Waals surface area contributed by atoms with Crippen LogP contribution in [0, 0.1) is 11.8 Å². The van der Waals surface area contributed by atoms with Gasteiger partial charge >= 0.3 is 5.97 Å². The van der Waals surface area contributed by atoms with E-state index in [1.165, 1.54) is 0 Å². The van der Waals surface area contributed by atoms with E-state index >= 15 is 0 Å². The molecular weight excluding hydrogens is 246 g/mol. The lowest BCUT2D eigenvalue weighted by atomic mass is 9.81. The Bertz CT molecular complexity index is 296. The molecule has 1 aliphatic carbocycles. The first-order valence-electron chi connectivity index (χ1n) is 7.12. The van der Waals surface area contributed by atoms with Gasteiger partial charge in [0.2, 0.25) is 5.91 Å². The fourth-order valence-corrected chi connectivity index (χ4v) is 2.35. The monoisotopic (exact) mass is 271 g/mol. The zero-order valence-corrected chi connectivity index (χ0v) is 11.9. The number of nitrogens with one attached hydrogen (secondary N) is 1. The predicted molar refractivity (Wildman–Crippen MR) is 71.8 cm³/mol. The summed E-state index contributed by atoms with van der Waals surface area (Å²) in [5.74, 6) is -0.941.